The fourth-order valence-corrected chi connectivity index (χ4v) is 3.02. The minimum Gasteiger partial charge on any atom is -0.497 e. The van der Waals surface area contributed by atoms with Gasteiger partial charge in [0.2, 0.25) is 5.91 Å². The van der Waals surface area contributed by atoms with Crippen LogP contribution in [-0.2, 0) is 14.3 Å². The van der Waals surface area contributed by atoms with Gasteiger partial charge in [0.05, 0.1) is 19.6 Å². The number of benzene rings is 2. The fraction of sp³-hybridized carbons (Fsp3) is 0.368. The van der Waals surface area contributed by atoms with Crippen LogP contribution in [0.2, 0.25) is 0 Å². The molecule has 2 N–H and O–H groups in total. The van der Waals surface area contributed by atoms with E-state index in [0.717, 1.165) is 22.1 Å². The molecule has 1 fully saturated rings. The first-order valence-electron chi connectivity index (χ1n) is 8.16. The Bertz CT molecular complexity index is 811. The van der Waals surface area contributed by atoms with Gasteiger partial charge in [-0.25, -0.2) is 4.79 Å². The molecule has 25 heavy (non-hydrogen) atoms. The summed E-state index contributed by atoms with van der Waals surface area (Å²) < 4.78 is 10.4. The molecular formula is C19H21NO5. The van der Waals surface area contributed by atoms with Crippen molar-refractivity contribution in [3.63, 3.8) is 0 Å². The second-order valence-corrected chi connectivity index (χ2v) is 6.37. The van der Waals surface area contributed by atoms with Crippen LogP contribution in [0.4, 0.5) is 0 Å². The Kier molecular flexibility index (Phi) is 4.63. The first kappa shape index (κ1) is 17.2. The quantitative estimate of drug-likeness (QED) is 0.870. The third-order valence-corrected chi connectivity index (χ3v) is 4.76. The Morgan fingerprint density at radius 2 is 1.96 bits per heavy atom. The highest BCUT2D eigenvalue weighted by atomic mass is 16.5. The van der Waals surface area contributed by atoms with Crippen LogP contribution in [0, 0.1) is 0 Å². The van der Waals surface area contributed by atoms with Crippen LogP contribution in [0.25, 0.3) is 10.8 Å². The van der Waals surface area contributed by atoms with Gasteiger partial charge in [-0.05, 0) is 35.4 Å². The highest BCUT2D eigenvalue weighted by molar-refractivity contribution is 5.92. The Hall–Kier alpha value is -2.60. The van der Waals surface area contributed by atoms with Crippen molar-refractivity contribution in [2.75, 3.05) is 20.3 Å². The van der Waals surface area contributed by atoms with Crippen molar-refractivity contribution >= 4 is 22.6 Å². The number of methoxy groups -OCH3 is 1. The summed E-state index contributed by atoms with van der Waals surface area (Å²) in [5.74, 6) is -1.07. The van der Waals surface area contributed by atoms with Crippen LogP contribution < -0.4 is 10.1 Å². The maximum atomic E-state index is 12.6. The number of carboxylic acids is 1. The summed E-state index contributed by atoms with van der Waals surface area (Å²) in [5, 5.41) is 14.1. The van der Waals surface area contributed by atoms with E-state index in [0.29, 0.717) is 6.61 Å². The van der Waals surface area contributed by atoms with Gasteiger partial charge in [-0.2, -0.15) is 0 Å². The Morgan fingerprint density at radius 3 is 2.60 bits per heavy atom. The first-order valence-corrected chi connectivity index (χ1v) is 8.16. The minimum absolute atomic E-state index is 0.00168. The van der Waals surface area contributed by atoms with E-state index in [9.17, 15) is 14.7 Å². The maximum absolute atomic E-state index is 12.6. The lowest BCUT2D eigenvalue weighted by molar-refractivity contribution is -0.147. The van der Waals surface area contributed by atoms with Crippen molar-refractivity contribution in [1.29, 1.82) is 0 Å². The van der Waals surface area contributed by atoms with E-state index in [-0.39, 0.29) is 18.9 Å². The number of ether oxygens (including phenoxy) is 2. The normalized spacial score (nSPS) is 21.0. The number of rotatable bonds is 5. The molecule has 2 unspecified atom stereocenters. The first-order chi connectivity index (χ1) is 11.9. The molecule has 132 valence electrons. The van der Waals surface area contributed by atoms with E-state index in [2.05, 4.69) is 5.32 Å². The van der Waals surface area contributed by atoms with Gasteiger partial charge in [-0.15, -0.1) is 0 Å². The van der Waals surface area contributed by atoms with Crippen LogP contribution in [-0.4, -0.2) is 42.8 Å². The molecule has 6 heteroatoms. The number of aliphatic carboxylic acids is 1. The number of hydrogen-bond acceptors (Lipinski definition) is 4. The lowest BCUT2D eigenvalue weighted by Crippen LogP contribution is -2.56. The zero-order chi connectivity index (χ0) is 18.0. The second kappa shape index (κ2) is 6.72. The number of hydrogen-bond donors (Lipinski definition) is 2. The number of carbonyl (C=O) groups is 2. The molecule has 0 spiro atoms. The third-order valence-electron chi connectivity index (χ3n) is 4.76. The molecule has 0 saturated carbocycles. The summed E-state index contributed by atoms with van der Waals surface area (Å²) in [7, 11) is 1.62. The van der Waals surface area contributed by atoms with E-state index in [4.69, 9.17) is 9.47 Å². The van der Waals surface area contributed by atoms with Gasteiger partial charge in [-0.1, -0.05) is 24.3 Å². The van der Waals surface area contributed by atoms with Gasteiger partial charge in [0.1, 0.15) is 5.75 Å². The summed E-state index contributed by atoms with van der Waals surface area (Å²) in [6.07, 6.45) is 0.276. The second-order valence-electron chi connectivity index (χ2n) is 6.37. The van der Waals surface area contributed by atoms with Gasteiger partial charge in [0, 0.05) is 13.0 Å². The Balaban J connectivity index is 1.82. The van der Waals surface area contributed by atoms with Gasteiger partial charge in [0.15, 0.2) is 5.54 Å². The monoisotopic (exact) mass is 343 g/mol. The average molecular weight is 343 g/mol. The molecule has 0 bridgehead atoms. The van der Waals surface area contributed by atoms with E-state index < -0.39 is 17.4 Å². The van der Waals surface area contributed by atoms with E-state index >= 15 is 0 Å². The molecule has 1 saturated heterocycles. The van der Waals surface area contributed by atoms with Gasteiger partial charge in [-0.3, -0.25) is 4.79 Å². The van der Waals surface area contributed by atoms with Gasteiger partial charge < -0.3 is 19.9 Å². The maximum Gasteiger partial charge on any atom is 0.331 e. The number of fused-ring (bicyclic) bond motifs is 1. The molecule has 2 aromatic carbocycles. The third kappa shape index (κ3) is 3.30. The molecule has 6 nitrogen and oxygen atoms in total. The zero-order valence-corrected chi connectivity index (χ0v) is 14.2. The number of amides is 1. The fourth-order valence-electron chi connectivity index (χ4n) is 3.02. The van der Waals surface area contributed by atoms with Crippen LogP contribution in [0.15, 0.2) is 36.4 Å². The van der Waals surface area contributed by atoms with E-state index in [1.807, 2.05) is 36.4 Å². The lowest BCUT2D eigenvalue weighted by atomic mass is 9.93. The highest BCUT2D eigenvalue weighted by Gasteiger charge is 2.44. The van der Waals surface area contributed by atoms with E-state index in [1.165, 1.54) is 0 Å². The van der Waals surface area contributed by atoms with Crippen LogP contribution >= 0.6 is 0 Å². The van der Waals surface area contributed by atoms with Crippen molar-refractivity contribution in [2.24, 2.45) is 0 Å². The molecule has 0 aromatic heterocycles. The summed E-state index contributed by atoms with van der Waals surface area (Å²) in [6, 6.07) is 11.5. The molecule has 1 aliphatic rings. The average Bonchev–Trinajstić information content (AvgIpc) is 3.10. The molecule has 2 atom stereocenters. The molecule has 1 amide bonds. The van der Waals surface area contributed by atoms with Crippen LogP contribution in [0.5, 0.6) is 5.75 Å². The Labute approximate surface area is 145 Å². The lowest BCUT2D eigenvalue weighted by Gasteiger charge is -2.25. The molecule has 1 aliphatic heterocycles. The number of carboxylic acid groups (broad SMARTS) is 1. The highest BCUT2D eigenvalue weighted by Crippen LogP contribution is 2.26. The van der Waals surface area contributed by atoms with Crippen molar-refractivity contribution in [3.8, 4) is 5.75 Å². The van der Waals surface area contributed by atoms with Crippen molar-refractivity contribution in [3.05, 3.63) is 42.0 Å². The van der Waals surface area contributed by atoms with Crippen LogP contribution in [0.3, 0.4) is 0 Å². The molecule has 0 radical (unpaired) electrons. The van der Waals surface area contributed by atoms with Crippen LogP contribution in [0.1, 0.15) is 24.8 Å². The Morgan fingerprint density at radius 1 is 1.24 bits per heavy atom. The molecular weight excluding hydrogens is 322 g/mol. The summed E-state index contributed by atoms with van der Waals surface area (Å²) in [4.78, 5) is 24.1. The largest absolute Gasteiger partial charge is 0.497 e. The smallest absolute Gasteiger partial charge is 0.331 e. The van der Waals surface area contributed by atoms with Gasteiger partial charge in [0.25, 0.3) is 0 Å². The van der Waals surface area contributed by atoms with Gasteiger partial charge >= 0.3 is 5.97 Å². The van der Waals surface area contributed by atoms with E-state index in [1.54, 1.807) is 14.0 Å². The number of nitrogens with one attached hydrogen (secondary N) is 1. The van der Waals surface area contributed by atoms with Crippen molar-refractivity contribution in [2.45, 2.75) is 24.8 Å². The summed E-state index contributed by atoms with van der Waals surface area (Å²) in [6.45, 7) is 2.10. The molecule has 1 heterocycles. The summed E-state index contributed by atoms with van der Waals surface area (Å²) in [5.41, 5.74) is -0.495. The van der Waals surface area contributed by atoms with Crippen molar-refractivity contribution in [1.82, 2.24) is 5.32 Å². The zero-order valence-electron chi connectivity index (χ0n) is 14.2. The molecule has 0 aliphatic carbocycles. The molecule has 3 rings (SSSR count). The standard InChI is InChI=1S/C19H21NO5/c1-12(17(21)20-19(18(22)23)7-8-25-11-19)13-3-4-15-10-16(24-2)6-5-14(15)9-13/h3-6,9-10,12H,7-8,11H2,1-2H3,(H,20,21)(H,22,23). The summed E-state index contributed by atoms with van der Waals surface area (Å²) >= 11 is 0. The minimum atomic E-state index is -1.32. The predicted octanol–water partition coefficient (Wildman–Crippen LogP) is 2.31. The SMILES string of the molecule is COc1ccc2cc(C(C)C(=O)NC3(C(=O)O)CCOC3)ccc2c1. The predicted molar refractivity (Wildman–Crippen MR) is 92.9 cm³/mol. The molecule has 2 aromatic rings. The topological polar surface area (TPSA) is 84.9 Å². The number of carbonyl (C=O) groups excluding carboxylic acids is 1. The van der Waals surface area contributed by atoms with Crippen molar-refractivity contribution < 1.29 is 24.2 Å².